The van der Waals surface area contributed by atoms with Gasteiger partial charge in [0.25, 0.3) is 0 Å². The summed E-state index contributed by atoms with van der Waals surface area (Å²) in [6.45, 7) is 2.14. The Labute approximate surface area is 189 Å². The maximum atomic E-state index is 2.33. The maximum absolute atomic E-state index is 2.33. The fraction of sp³-hybridized carbons (Fsp3) is 0.0625. The molecule has 152 valence electrons. The Bertz CT molecular complexity index is 1350. The van der Waals surface area contributed by atoms with Gasteiger partial charge in [-0.15, -0.1) is 0 Å². The third-order valence-corrected chi connectivity index (χ3v) is 6.85. The van der Waals surface area contributed by atoms with Crippen LogP contribution in [-0.4, -0.2) is 0 Å². The SMILES string of the molecule is Cc1ccc(-c2cccc3c2-c2ccccc2C3(c2ccccc2)c2ccccc2)cc1. The van der Waals surface area contributed by atoms with E-state index in [0.29, 0.717) is 0 Å². The summed E-state index contributed by atoms with van der Waals surface area (Å²) in [7, 11) is 0. The first-order valence-electron chi connectivity index (χ1n) is 11.2. The highest BCUT2D eigenvalue weighted by atomic mass is 14.5. The van der Waals surface area contributed by atoms with Crippen molar-refractivity contribution >= 4 is 0 Å². The standard InChI is InChI=1S/C32H24/c1-23-19-21-24(22-20-23)27-16-10-18-30-31(27)28-15-8-9-17-29(28)32(30,25-11-4-2-5-12-25)26-13-6-3-7-14-26/h2-22H,1H3. The summed E-state index contributed by atoms with van der Waals surface area (Å²) >= 11 is 0. The summed E-state index contributed by atoms with van der Waals surface area (Å²) in [6.07, 6.45) is 0. The van der Waals surface area contributed by atoms with Gasteiger partial charge >= 0.3 is 0 Å². The lowest BCUT2D eigenvalue weighted by molar-refractivity contribution is 0.768. The molecule has 0 nitrogen and oxygen atoms in total. The molecule has 5 aromatic rings. The minimum absolute atomic E-state index is 0.338. The van der Waals surface area contributed by atoms with Gasteiger partial charge in [-0.05, 0) is 51.4 Å². The third kappa shape index (κ3) is 2.63. The highest BCUT2D eigenvalue weighted by Gasteiger charge is 2.46. The molecule has 0 unspecified atom stereocenters. The minimum atomic E-state index is -0.338. The fourth-order valence-corrected chi connectivity index (χ4v) is 5.47. The lowest BCUT2D eigenvalue weighted by Gasteiger charge is -2.34. The topological polar surface area (TPSA) is 0 Å². The number of fused-ring (bicyclic) bond motifs is 3. The van der Waals surface area contributed by atoms with Gasteiger partial charge in [0.1, 0.15) is 0 Å². The van der Waals surface area contributed by atoms with Crippen molar-refractivity contribution in [3.63, 3.8) is 0 Å². The van der Waals surface area contributed by atoms with E-state index in [-0.39, 0.29) is 5.41 Å². The maximum Gasteiger partial charge on any atom is 0.0713 e. The average molecular weight is 409 g/mol. The van der Waals surface area contributed by atoms with Crippen LogP contribution in [0.5, 0.6) is 0 Å². The summed E-state index contributed by atoms with van der Waals surface area (Å²) in [4.78, 5) is 0. The van der Waals surface area contributed by atoms with Crippen molar-refractivity contribution in [1.82, 2.24) is 0 Å². The van der Waals surface area contributed by atoms with E-state index in [0.717, 1.165) is 0 Å². The zero-order chi connectivity index (χ0) is 21.5. The lowest BCUT2D eigenvalue weighted by Crippen LogP contribution is -2.28. The molecule has 0 heteroatoms. The monoisotopic (exact) mass is 408 g/mol. The van der Waals surface area contributed by atoms with Crippen molar-refractivity contribution in [3.05, 3.63) is 155 Å². The molecule has 0 heterocycles. The van der Waals surface area contributed by atoms with E-state index in [9.17, 15) is 0 Å². The Kier molecular flexibility index (Phi) is 4.33. The molecule has 0 spiro atoms. The van der Waals surface area contributed by atoms with Gasteiger partial charge in [-0.25, -0.2) is 0 Å². The van der Waals surface area contributed by atoms with Gasteiger partial charge in [-0.3, -0.25) is 0 Å². The minimum Gasteiger partial charge on any atom is -0.0622 e. The number of hydrogen-bond acceptors (Lipinski definition) is 0. The normalized spacial score (nSPS) is 13.4. The van der Waals surface area contributed by atoms with E-state index < -0.39 is 0 Å². The molecule has 0 saturated heterocycles. The second kappa shape index (κ2) is 7.35. The number of benzene rings is 5. The van der Waals surface area contributed by atoms with Crippen LogP contribution in [0.25, 0.3) is 22.3 Å². The van der Waals surface area contributed by atoms with Crippen LogP contribution in [-0.2, 0) is 5.41 Å². The summed E-state index contributed by atoms with van der Waals surface area (Å²) < 4.78 is 0. The quantitative estimate of drug-likeness (QED) is 0.278. The van der Waals surface area contributed by atoms with Gasteiger partial charge < -0.3 is 0 Å². The van der Waals surface area contributed by atoms with Crippen molar-refractivity contribution in [3.8, 4) is 22.3 Å². The Morgan fingerprint density at radius 3 is 1.62 bits per heavy atom. The van der Waals surface area contributed by atoms with Gasteiger partial charge in [0.15, 0.2) is 0 Å². The molecular formula is C32H24. The fourth-order valence-electron chi connectivity index (χ4n) is 5.47. The molecule has 0 amide bonds. The van der Waals surface area contributed by atoms with Crippen molar-refractivity contribution in [2.45, 2.75) is 12.3 Å². The molecule has 5 aromatic carbocycles. The van der Waals surface area contributed by atoms with Crippen LogP contribution in [0.15, 0.2) is 127 Å². The molecule has 0 atom stereocenters. The largest absolute Gasteiger partial charge is 0.0713 e. The summed E-state index contributed by atoms with van der Waals surface area (Å²) in [5.74, 6) is 0. The van der Waals surface area contributed by atoms with Crippen molar-refractivity contribution in [2.24, 2.45) is 0 Å². The van der Waals surface area contributed by atoms with E-state index in [1.165, 1.54) is 50.1 Å². The number of aryl methyl sites for hydroxylation is 1. The Balaban J connectivity index is 1.77. The van der Waals surface area contributed by atoms with Gasteiger partial charge in [0, 0.05) is 0 Å². The predicted octanol–water partition coefficient (Wildman–Crippen LogP) is 8.03. The number of hydrogen-bond donors (Lipinski definition) is 0. The Morgan fingerprint density at radius 1 is 0.438 bits per heavy atom. The van der Waals surface area contributed by atoms with E-state index in [4.69, 9.17) is 0 Å². The van der Waals surface area contributed by atoms with Gasteiger partial charge in [0.2, 0.25) is 0 Å². The first-order chi connectivity index (χ1) is 15.8. The van der Waals surface area contributed by atoms with Crippen molar-refractivity contribution < 1.29 is 0 Å². The molecule has 32 heavy (non-hydrogen) atoms. The second-order valence-corrected chi connectivity index (χ2v) is 8.62. The molecule has 0 radical (unpaired) electrons. The van der Waals surface area contributed by atoms with E-state index in [1.54, 1.807) is 0 Å². The number of rotatable bonds is 3. The molecular weight excluding hydrogens is 384 g/mol. The zero-order valence-electron chi connectivity index (χ0n) is 18.1. The van der Waals surface area contributed by atoms with E-state index >= 15 is 0 Å². The summed E-state index contributed by atoms with van der Waals surface area (Å²) in [5, 5.41) is 0. The first kappa shape index (κ1) is 18.8. The van der Waals surface area contributed by atoms with Crippen LogP contribution in [0.4, 0.5) is 0 Å². The van der Waals surface area contributed by atoms with Crippen LogP contribution in [0.3, 0.4) is 0 Å². The van der Waals surface area contributed by atoms with Crippen LogP contribution < -0.4 is 0 Å². The van der Waals surface area contributed by atoms with E-state index in [1.807, 2.05) is 0 Å². The molecule has 0 fully saturated rings. The molecule has 0 aromatic heterocycles. The summed E-state index contributed by atoms with van der Waals surface area (Å²) in [5.41, 5.74) is 11.5. The van der Waals surface area contributed by atoms with Crippen LogP contribution >= 0.6 is 0 Å². The van der Waals surface area contributed by atoms with Crippen LogP contribution in [0.1, 0.15) is 27.8 Å². The van der Waals surface area contributed by atoms with Gasteiger partial charge in [-0.1, -0.05) is 133 Å². The van der Waals surface area contributed by atoms with Gasteiger partial charge in [-0.2, -0.15) is 0 Å². The van der Waals surface area contributed by atoms with Crippen molar-refractivity contribution in [1.29, 1.82) is 0 Å². The zero-order valence-corrected chi connectivity index (χ0v) is 18.1. The molecule has 1 aliphatic carbocycles. The summed E-state index contributed by atoms with van der Waals surface area (Å²) in [6, 6.07) is 46.6. The Hall–Kier alpha value is -3.90. The molecule has 0 bridgehead atoms. The molecule has 0 saturated carbocycles. The molecule has 0 aliphatic heterocycles. The van der Waals surface area contributed by atoms with Crippen LogP contribution in [0.2, 0.25) is 0 Å². The van der Waals surface area contributed by atoms with Crippen molar-refractivity contribution in [2.75, 3.05) is 0 Å². The van der Waals surface area contributed by atoms with Crippen LogP contribution in [0, 0.1) is 6.92 Å². The molecule has 1 aliphatic rings. The Morgan fingerprint density at radius 2 is 0.969 bits per heavy atom. The highest BCUT2D eigenvalue weighted by Crippen LogP contribution is 2.58. The predicted molar refractivity (Wildman–Crippen MR) is 134 cm³/mol. The molecule has 0 N–H and O–H groups in total. The first-order valence-corrected chi connectivity index (χ1v) is 11.2. The van der Waals surface area contributed by atoms with E-state index in [2.05, 4.69) is 134 Å². The third-order valence-electron chi connectivity index (χ3n) is 6.85. The lowest BCUT2D eigenvalue weighted by atomic mass is 9.67. The highest BCUT2D eigenvalue weighted by molar-refractivity contribution is 5.95. The molecule has 6 rings (SSSR count). The second-order valence-electron chi connectivity index (χ2n) is 8.62. The van der Waals surface area contributed by atoms with Gasteiger partial charge in [0.05, 0.1) is 5.41 Å². The smallest absolute Gasteiger partial charge is 0.0622 e. The average Bonchev–Trinajstić information content (AvgIpc) is 3.17.